The molecule has 1 amide bonds. The number of carbonyl (C=O) groups is 1. The van der Waals surface area contributed by atoms with E-state index in [2.05, 4.69) is 28.2 Å². The molecule has 1 N–H and O–H groups in total. The third kappa shape index (κ3) is 4.45. The fourth-order valence-electron chi connectivity index (χ4n) is 1.75. The van der Waals surface area contributed by atoms with E-state index in [9.17, 15) is 4.79 Å². The lowest BCUT2D eigenvalue weighted by Crippen LogP contribution is -2.34. The summed E-state index contributed by atoms with van der Waals surface area (Å²) in [6.07, 6.45) is 6.77. The molecule has 0 radical (unpaired) electrons. The highest BCUT2D eigenvalue weighted by atomic mass is 79.9. The van der Waals surface area contributed by atoms with Gasteiger partial charge in [0.2, 0.25) is 5.91 Å². The normalized spacial score (nSPS) is 18.7. The number of hydrogen-bond acceptors (Lipinski definition) is 1. The molecule has 1 saturated carbocycles. The second-order valence-corrected chi connectivity index (χ2v) is 5.09. The van der Waals surface area contributed by atoms with Crippen LogP contribution in [0.3, 0.4) is 0 Å². The first-order chi connectivity index (χ1) is 6.72. The van der Waals surface area contributed by atoms with Gasteiger partial charge in [-0.1, -0.05) is 22.4 Å². The SMILES string of the molecule is CC(CCCBr)NC(=O)CC1CCC1. The molecular formula is C11H20BrNO. The van der Waals surface area contributed by atoms with E-state index in [1.165, 1.54) is 19.3 Å². The molecule has 1 atom stereocenters. The Hall–Kier alpha value is -0.0500. The molecule has 1 aliphatic rings. The molecule has 0 aliphatic heterocycles. The van der Waals surface area contributed by atoms with Crippen LogP contribution in [-0.2, 0) is 4.79 Å². The minimum Gasteiger partial charge on any atom is -0.354 e. The van der Waals surface area contributed by atoms with Crippen molar-refractivity contribution in [3.05, 3.63) is 0 Å². The number of hydrogen-bond donors (Lipinski definition) is 1. The largest absolute Gasteiger partial charge is 0.354 e. The predicted molar refractivity (Wildman–Crippen MR) is 62.6 cm³/mol. The van der Waals surface area contributed by atoms with Crippen LogP contribution in [0.15, 0.2) is 0 Å². The van der Waals surface area contributed by atoms with Gasteiger partial charge in [-0.25, -0.2) is 0 Å². The molecule has 0 heterocycles. The maximum Gasteiger partial charge on any atom is 0.220 e. The van der Waals surface area contributed by atoms with Gasteiger partial charge < -0.3 is 5.32 Å². The second kappa shape index (κ2) is 6.44. The van der Waals surface area contributed by atoms with Crippen molar-refractivity contribution in [2.24, 2.45) is 5.92 Å². The molecule has 1 fully saturated rings. The van der Waals surface area contributed by atoms with Gasteiger partial charge in [0, 0.05) is 17.8 Å². The summed E-state index contributed by atoms with van der Waals surface area (Å²) in [7, 11) is 0. The minimum atomic E-state index is 0.247. The molecule has 1 rings (SSSR count). The van der Waals surface area contributed by atoms with Crippen LogP contribution in [0.4, 0.5) is 0 Å². The summed E-state index contributed by atoms with van der Waals surface area (Å²) in [6, 6.07) is 0.333. The minimum absolute atomic E-state index is 0.247. The molecule has 0 bridgehead atoms. The zero-order valence-electron chi connectivity index (χ0n) is 8.89. The van der Waals surface area contributed by atoms with Gasteiger partial charge in [-0.15, -0.1) is 0 Å². The van der Waals surface area contributed by atoms with Gasteiger partial charge in [0.1, 0.15) is 0 Å². The van der Waals surface area contributed by atoms with Gasteiger partial charge in [0.25, 0.3) is 0 Å². The van der Waals surface area contributed by atoms with Crippen molar-refractivity contribution in [1.82, 2.24) is 5.32 Å². The molecule has 0 aromatic carbocycles. The van der Waals surface area contributed by atoms with Gasteiger partial charge in [0.15, 0.2) is 0 Å². The Morgan fingerprint density at radius 3 is 2.79 bits per heavy atom. The molecular weight excluding hydrogens is 242 g/mol. The Morgan fingerprint density at radius 1 is 1.57 bits per heavy atom. The van der Waals surface area contributed by atoms with E-state index < -0.39 is 0 Å². The third-order valence-corrected chi connectivity index (χ3v) is 3.44. The van der Waals surface area contributed by atoms with Crippen molar-refractivity contribution in [3.63, 3.8) is 0 Å². The van der Waals surface area contributed by atoms with Crippen molar-refractivity contribution in [1.29, 1.82) is 0 Å². The van der Waals surface area contributed by atoms with E-state index in [1.807, 2.05) is 0 Å². The highest BCUT2D eigenvalue weighted by Gasteiger charge is 2.20. The number of halogens is 1. The summed E-state index contributed by atoms with van der Waals surface area (Å²) in [4.78, 5) is 11.5. The van der Waals surface area contributed by atoms with Gasteiger partial charge in [-0.05, 0) is 38.5 Å². The summed E-state index contributed by atoms with van der Waals surface area (Å²) in [5.41, 5.74) is 0. The third-order valence-electron chi connectivity index (χ3n) is 2.88. The summed E-state index contributed by atoms with van der Waals surface area (Å²) in [5, 5.41) is 4.08. The summed E-state index contributed by atoms with van der Waals surface area (Å²) in [6.45, 7) is 2.08. The smallest absolute Gasteiger partial charge is 0.220 e. The van der Waals surface area contributed by atoms with E-state index in [-0.39, 0.29) is 5.91 Å². The lowest BCUT2D eigenvalue weighted by atomic mass is 9.83. The monoisotopic (exact) mass is 261 g/mol. The quantitative estimate of drug-likeness (QED) is 0.733. The van der Waals surface area contributed by atoms with Crippen molar-refractivity contribution < 1.29 is 4.79 Å². The van der Waals surface area contributed by atoms with Gasteiger partial charge >= 0.3 is 0 Å². The number of alkyl halides is 1. The molecule has 3 heteroatoms. The molecule has 0 spiro atoms. The topological polar surface area (TPSA) is 29.1 Å². The molecule has 1 unspecified atom stereocenters. The molecule has 0 saturated heterocycles. The van der Waals surface area contributed by atoms with Crippen molar-refractivity contribution in [3.8, 4) is 0 Å². The van der Waals surface area contributed by atoms with Crippen LogP contribution >= 0.6 is 15.9 Å². The first kappa shape index (κ1) is 12.0. The zero-order valence-corrected chi connectivity index (χ0v) is 10.5. The average Bonchev–Trinajstić information content (AvgIpc) is 2.08. The number of carbonyl (C=O) groups excluding carboxylic acids is 1. The van der Waals surface area contributed by atoms with E-state index in [1.54, 1.807) is 0 Å². The molecule has 82 valence electrons. The molecule has 0 aromatic heterocycles. The van der Waals surface area contributed by atoms with E-state index in [0.717, 1.165) is 24.6 Å². The number of amides is 1. The first-order valence-electron chi connectivity index (χ1n) is 5.57. The van der Waals surface area contributed by atoms with E-state index in [0.29, 0.717) is 12.0 Å². The Balaban J connectivity index is 2.05. The number of nitrogens with one attached hydrogen (secondary N) is 1. The Kier molecular flexibility index (Phi) is 5.53. The van der Waals surface area contributed by atoms with Crippen molar-refractivity contribution >= 4 is 21.8 Å². The Labute approximate surface area is 95.0 Å². The summed E-state index contributed by atoms with van der Waals surface area (Å²) >= 11 is 3.39. The van der Waals surface area contributed by atoms with Gasteiger partial charge in [0.05, 0.1) is 0 Å². The first-order valence-corrected chi connectivity index (χ1v) is 6.70. The highest BCUT2D eigenvalue weighted by Crippen LogP contribution is 2.29. The Morgan fingerprint density at radius 2 is 2.29 bits per heavy atom. The highest BCUT2D eigenvalue weighted by molar-refractivity contribution is 9.09. The fourth-order valence-corrected chi connectivity index (χ4v) is 2.07. The van der Waals surface area contributed by atoms with E-state index >= 15 is 0 Å². The van der Waals surface area contributed by atoms with E-state index in [4.69, 9.17) is 0 Å². The second-order valence-electron chi connectivity index (χ2n) is 4.30. The molecule has 0 aromatic rings. The maximum atomic E-state index is 11.5. The van der Waals surface area contributed by atoms with Crippen LogP contribution < -0.4 is 5.32 Å². The fraction of sp³-hybridized carbons (Fsp3) is 0.909. The lowest BCUT2D eigenvalue weighted by molar-refractivity contribution is -0.123. The van der Waals surface area contributed by atoms with Crippen LogP contribution in [0.2, 0.25) is 0 Å². The van der Waals surface area contributed by atoms with Crippen molar-refractivity contribution in [2.45, 2.75) is 51.5 Å². The molecule has 2 nitrogen and oxygen atoms in total. The summed E-state index contributed by atoms with van der Waals surface area (Å²) < 4.78 is 0. The van der Waals surface area contributed by atoms with Crippen LogP contribution in [0.25, 0.3) is 0 Å². The lowest BCUT2D eigenvalue weighted by Gasteiger charge is -2.25. The van der Waals surface area contributed by atoms with Gasteiger partial charge in [-0.2, -0.15) is 0 Å². The standard InChI is InChI=1S/C11H20BrNO/c1-9(4-3-7-12)13-11(14)8-10-5-2-6-10/h9-10H,2-8H2,1H3,(H,13,14). The Bertz CT molecular complexity index is 180. The van der Waals surface area contributed by atoms with Crippen LogP contribution in [-0.4, -0.2) is 17.3 Å². The predicted octanol–water partition coefficient (Wildman–Crippen LogP) is 2.86. The number of rotatable bonds is 6. The van der Waals surface area contributed by atoms with Crippen LogP contribution in [0.5, 0.6) is 0 Å². The zero-order chi connectivity index (χ0) is 10.4. The van der Waals surface area contributed by atoms with Gasteiger partial charge in [-0.3, -0.25) is 4.79 Å². The van der Waals surface area contributed by atoms with Crippen LogP contribution in [0, 0.1) is 5.92 Å². The molecule has 14 heavy (non-hydrogen) atoms. The summed E-state index contributed by atoms with van der Waals surface area (Å²) in [5.74, 6) is 0.926. The maximum absolute atomic E-state index is 11.5. The average molecular weight is 262 g/mol. The van der Waals surface area contributed by atoms with Crippen molar-refractivity contribution in [2.75, 3.05) is 5.33 Å². The molecule has 1 aliphatic carbocycles. The van der Waals surface area contributed by atoms with Crippen LogP contribution in [0.1, 0.15) is 45.4 Å².